The van der Waals surface area contributed by atoms with E-state index in [2.05, 4.69) is 11.1 Å². The molecule has 0 spiro atoms. The predicted molar refractivity (Wildman–Crippen MR) is 131 cm³/mol. The normalized spacial score (nSPS) is 14.2. The molecule has 7 heteroatoms. The zero-order chi connectivity index (χ0) is 24.6. The van der Waals surface area contributed by atoms with Crippen molar-refractivity contribution in [3.8, 4) is 17.0 Å². The van der Waals surface area contributed by atoms with Crippen LogP contribution in [0.5, 0.6) is 5.75 Å². The van der Waals surface area contributed by atoms with Gasteiger partial charge < -0.3 is 14.4 Å². The molecule has 1 aliphatic heterocycles. The van der Waals surface area contributed by atoms with E-state index in [-0.39, 0.29) is 11.8 Å². The number of amides is 1. The van der Waals surface area contributed by atoms with Crippen LogP contribution in [0.3, 0.4) is 0 Å². The van der Waals surface area contributed by atoms with Gasteiger partial charge in [-0.25, -0.2) is 19.2 Å². The van der Waals surface area contributed by atoms with E-state index in [9.17, 15) is 4.79 Å². The first kappa shape index (κ1) is 23.7. The summed E-state index contributed by atoms with van der Waals surface area (Å²) in [5.74, 6) is 0.141. The van der Waals surface area contributed by atoms with Gasteiger partial charge in [-0.1, -0.05) is 12.1 Å². The lowest BCUT2D eigenvalue weighted by molar-refractivity contribution is 0.0273. The summed E-state index contributed by atoms with van der Waals surface area (Å²) in [6.07, 6.45) is 2.44. The van der Waals surface area contributed by atoms with Crippen LogP contribution in [-0.4, -0.2) is 46.8 Å². The van der Waals surface area contributed by atoms with Crippen LogP contribution in [0.1, 0.15) is 44.0 Å². The highest BCUT2D eigenvalue weighted by Gasteiger charge is 2.25. The van der Waals surface area contributed by atoms with E-state index in [0.717, 1.165) is 16.7 Å². The smallest absolute Gasteiger partial charge is 0.410 e. The highest BCUT2D eigenvalue weighted by Crippen LogP contribution is 2.36. The van der Waals surface area contributed by atoms with E-state index in [1.54, 1.807) is 12.0 Å². The maximum absolute atomic E-state index is 15.1. The lowest BCUT2D eigenvalue weighted by Crippen LogP contribution is -2.39. The van der Waals surface area contributed by atoms with Crippen molar-refractivity contribution < 1.29 is 18.7 Å². The summed E-state index contributed by atoms with van der Waals surface area (Å²) in [4.78, 5) is 23.6. The number of benzene rings is 1. The molecule has 178 valence electrons. The molecule has 3 aromatic rings. The van der Waals surface area contributed by atoms with Crippen LogP contribution in [0.4, 0.5) is 9.18 Å². The highest BCUT2D eigenvalue weighted by atomic mass is 19.1. The fraction of sp³-hybridized carbons (Fsp3) is 0.370. The number of nitrogens with zero attached hydrogens (tertiary/aromatic N) is 3. The number of methoxy groups -OCH3 is 1. The third-order valence-corrected chi connectivity index (χ3v) is 5.66. The molecule has 4 rings (SSSR count). The first-order chi connectivity index (χ1) is 16.1. The second-order valence-corrected chi connectivity index (χ2v) is 9.64. The number of halogens is 1. The molecule has 3 heterocycles. The fourth-order valence-electron chi connectivity index (χ4n) is 4.18. The lowest BCUT2D eigenvalue weighted by atomic mass is 10.00. The fourth-order valence-corrected chi connectivity index (χ4v) is 4.18. The zero-order valence-electron chi connectivity index (χ0n) is 20.5. The van der Waals surface area contributed by atoms with Crippen molar-refractivity contribution in [1.82, 2.24) is 14.9 Å². The molecule has 1 amide bonds. The Bertz CT molecular complexity index is 1290. The van der Waals surface area contributed by atoms with Gasteiger partial charge in [-0.2, -0.15) is 0 Å². The molecule has 0 saturated heterocycles. The Morgan fingerprint density at radius 1 is 1.12 bits per heavy atom. The van der Waals surface area contributed by atoms with Gasteiger partial charge in [0.2, 0.25) is 0 Å². The second-order valence-electron chi connectivity index (χ2n) is 9.64. The van der Waals surface area contributed by atoms with Crippen molar-refractivity contribution in [2.75, 3.05) is 20.2 Å². The van der Waals surface area contributed by atoms with Crippen LogP contribution in [-0.2, 0) is 4.74 Å². The largest absolute Gasteiger partial charge is 0.496 e. The van der Waals surface area contributed by atoms with Crippen LogP contribution in [0, 0.1) is 19.7 Å². The number of carbonyl (C=O) groups excluding carboxylic acids is 1. The first-order valence-electron chi connectivity index (χ1n) is 11.4. The second kappa shape index (κ2) is 9.05. The SMILES string of the molecule is COc1cc(C)cc(C)c1-c1nc2nc(C3=CCCN(C(=O)OC(C)(C)C)C3)ccc2cc1F. The van der Waals surface area contributed by atoms with Crippen molar-refractivity contribution in [2.24, 2.45) is 0 Å². The number of ether oxygens (including phenoxy) is 2. The Balaban J connectivity index is 1.71. The summed E-state index contributed by atoms with van der Waals surface area (Å²) in [6.45, 7) is 10.4. The molecule has 0 aliphatic carbocycles. The van der Waals surface area contributed by atoms with E-state index in [1.807, 2.05) is 58.9 Å². The van der Waals surface area contributed by atoms with Crippen LogP contribution in [0.25, 0.3) is 27.9 Å². The highest BCUT2D eigenvalue weighted by molar-refractivity contribution is 5.83. The topological polar surface area (TPSA) is 64.6 Å². The van der Waals surface area contributed by atoms with Crippen molar-refractivity contribution in [1.29, 1.82) is 0 Å². The molecule has 0 radical (unpaired) electrons. The van der Waals surface area contributed by atoms with Gasteiger partial charge in [0, 0.05) is 17.5 Å². The summed E-state index contributed by atoms with van der Waals surface area (Å²) >= 11 is 0. The molecule has 2 aromatic heterocycles. The summed E-state index contributed by atoms with van der Waals surface area (Å²) in [5.41, 5.74) is 4.23. The Kier molecular flexibility index (Phi) is 6.30. The van der Waals surface area contributed by atoms with E-state index in [4.69, 9.17) is 14.5 Å². The Morgan fingerprint density at radius 2 is 1.88 bits per heavy atom. The summed E-state index contributed by atoms with van der Waals surface area (Å²) in [6, 6.07) is 8.95. The van der Waals surface area contributed by atoms with Gasteiger partial charge in [-0.05, 0) is 82.0 Å². The predicted octanol–water partition coefficient (Wildman–Crippen LogP) is 6.09. The van der Waals surface area contributed by atoms with E-state index in [1.165, 1.54) is 6.07 Å². The standard InChI is InChI=1S/C27H30FN3O3/c1-16-12-17(2)23(22(13-16)33-6)24-20(28)14-18-9-10-21(29-25(18)30-24)19-8-7-11-31(15-19)26(32)34-27(3,4)5/h8-10,12-14H,7,11,15H2,1-6H3. The van der Waals surface area contributed by atoms with E-state index in [0.29, 0.717) is 47.6 Å². The van der Waals surface area contributed by atoms with Gasteiger partial charge in [-0.3, -0.25) is 0 Å². The molecule has 34 heavy (non-hydrogen) atoms. The average molecular weight is 464 g/mol. The lowest BCUT2D eigenvalue weighted by Gasteiger charge is -2.30. The molecular formula is C27H30FN3O3. The number of hydrogen-bond donors (Lipinski definition) is 0. The monoisotopic (exact) mass is 463 g/mol. The summed E-state index contributed by atoms with van der Waals surface area (Å²) in [7, 11) is 1.57. The maximum atomic E-state index is 15.1. The Morgan fingerprint density at radius 3 is 2.59 bits per heavy atom. The summed E-state index contributed by atoms with van der Waals surface area (Å²) in [5, 5.41) is 0.606. The van der Waals surface area contributed by atoms with Gasteiger partial charge in [0.05, 0.1) is 19.3 Å². The third-order valence-electron chi connectivity index (χ3n) is 5.66. The molecule has 0 atom stereocenters. The van der Waals surface area contributed by atoms with E-state index >= 15 is 4.39 Å². The van der Waals surface area contributed by atoms with Gasteiger partial charge in [-0.15, -0.1) is 0 Å². The maximum Gasteiger partial charge on any atom is 0.410 e. The van der Waals surface area contributed by atoms with Crippen molar-refractivity contribution in [3.05, 3.63) is 59.0 Å². The molecule has 1 aliphatic rings. The van der Waals surface area contributed by atoms with Crippen LogP contribution < -0.4 is 4.74 Å². The van der Waals surface area contributed by atoms with Crippen LogP contribution in [0.2, 0.25) is 0 Å². The molecule has 0 bridgehead atoms. The molecule has 1 aromatic carbocycles. The number of aromatic nitrogens is 2. The molecule has 0 N–H and O–H groups in total. The van der Waals surface area contributed by atoms with Gasteiger partial charge in [0.25, 0.3) is 0 Å². The molecule has 0 saturated carbocycles. The van der Waals surface area contributed by atoms with Crippen LogP contribution >= 0.6 is 0 Å². The number of aryl methyl sites for hydroxylation is 2. The van der Waals surface area contributed by atoms with Gasteiger partial charge in [0.15, 0.2) is 5.65 Å². The van der Waals surface area contributed by atoms with Gasteiger partial charge >= 0.3 is 6.09 Å². The number of rotatable bonds is 3. The first-order valence-corrected chi connectivity index (χ1v) is 11.4. The van der Waals surface area contributed by atoms with Crippen molar-refractivity contribution in [3.63, 3.8) is 0 Å². The minimum atomic E-state index is -0.556. The molecule has 6 nitrogen and oxygen atoms in total. The van der Waals surface area contributed by atoms with Crippen LogP contribution in [0.15, 0.2) is 36.4 Å². The van der Waals surface area contributed by atoms with Gasteiger partial charge in [0.1, 0.15) is 22.9 Å². The zero-order valence-corrected chi connectivity index (χ0v) is 20.5. The van der Waals surface area contributed by atoms with E-state index < -0.39 is 11.4 Å². The minimum Gasteiger partial charge on any atom is -0.496 e. The number of hydrogen-bond acceptors (Lipinski definition) is 5. The molecular weight excluding hydrogens is 433 g/mol. The number of fused-ring (bicyclic) bond motifs is 1. The number of pyridine rings is 2. The quantitative estimate of drug-likeness (QED) is 0.471. The summed E-state index contributed by atoms with van der Waals surface area (Å²) < 4.78 is 26.2. The molecule has 0 fully saturated rings. The Hall–Kier alpha value is -3.48. The third kappa shape index (κ3) is 4.88. The average Bonchev–Trinajstić information content (AvgIpc) is 2.77. The van der Waals surface area contributed by atoms with Crippen molar-refractivity contribution >= 4 is 22.7 Å². The number of carbonyl (C=O) groups is 1. The van der Waals surface area contributed by atoms with Crippen molar-refractivity contribution in [2.45, 2.75) is 46.6 Å². The Labute approximate surface area is 199 Å². The minimum absolute atomic E-state index is 0.208. The molecule has 0 unspecified atom stereocenters.